The van der Waals surface area contributed by atoms with Crippen molar-refractivity contribution < 1.29 is 18.8 Å². The Bertz CT molecular complexity index is 1120. The zero-order valence-electron chi connectivity index (χ0n) is 17.8. The van der Waals surface area contributed by atoms with E-state index in [2.05, 4.69) is 15.3 Å². The molecular weight excluding hydrogens is 403 g/mol. The first-order chi connectivity index (χ1) is 14.6. The monoisotopic (exact) mass is 426 g/mol. The molecular formula is C21H23FN6O3. The Kier molecular flexibility index (Phi) is 4.94. The molecule has 0 aliphatic carbocycles. The first-order valence-electron chi connectivity index (χ1n) is 9.90. The van der Waals surface area contributed by atoms with Gasteiger partial charge in [0.2, 0.25) is 5.69 Å². The fraction of sp³-hybridized carbons (Fsp3) is 0.429. The lowest BCUT2D eigenvalue weighted by Gasteiger charge is -2.33. The minimum Gasteiger partial charge on any atom is -0.317 e. The fourth-order valence-corrected chi connectivity index (χ4v) is 4.04. The number of urea groups is 1. The van der Waals surface area contributed by atoms with Gasteiger partial charge >= 0.3 is 6.03 Å². The molecule has 3 amide bonds. The summed E-state index contributed by atoms with van der Waals surface area (Å²) < 4.78 is 15.3. The zero-order valence-corrected chi connectivity index (χ0v) is 17.8. The quantitative estimate of drug-likeness (QED) is 0.709. The molecule has 0 radical (unpaired) electrons. The Balaban J connectivity index is 1.63. The van der Waals surface area contributed by atoms with Gasteiger partial charge in [0.25, 0.3) is 5.91 Å². The summed E-state index contributed by atoms with van der Waals surface area (Å²) in [5, 5.41) is 8.59. The second-order valence-corrected chi connectivity index (χ2v) is 8.47. The predicted molar refractivity (Wildman–Crippen MR) is 110 cm³/mol. The lowest BCUT2D eigenvalue weighted by Crippen LogP contribution is -2.45. The molecule has 2 aliphatic heterocycles. The van der Waals surface area contributed by atoms with Crippen molar-refractivity contribution in [3.8, 4) is 0 Å². The largest absolute Gasteiger partial charge is 0.322 e. The molecule has 1 aromatic heterocycles. The van der Waals surface area contributed by atoms with Crippen LogP contribution in [0.2, 0.25) is 0 Å². The first kappa shape index (κ1) is 20.8. The number of benzene rings is 1. The molecule has 3 heterocycles. The molecule has 2 aromatic rings. The van der Waals surface area contributed by atoms with Crippen LogP contribution in [0.5, 0.6) is 0 Å². The fourth-order valence-electron chi connectivity index (χ4n) is 4.04. The molecule has 0 saturated heterocycles. The summed E-state index contributed by atoms with van der Waals surface area (Å²) in [7, 11) is 1.57. The summed E-state index contributed by atoms with van der Waals surface area (Å²) in [6.45, 7) is 13.3. The maximum Gasteiger partial charge on any atom is 0.322 e. The number of halogens is 1. The summed E-state index contributed by atoms with van der Waals surface area (Å²) >= 11 is 0. The zero-order chi connectivity index (χ0) is 22.5. The van der Waals surface area contributed by atoms with Crippen LogP contribution in [-0.2, 0) is 24.3 Å². The van der Waals surface area contributed by atoms with E-state index in [9.17, 15) is 14.0 Å². The summed E-state index contributed by atoms with van der Waals surface area (Å²) in [4.78, 5) is 36.4. The lowest BCUT2D eigenvalue weighted by molar-refractivity contribution is -0.190. The number of aromatic nitrogens is 2. The Morgan fingerprint density at radius 1 is 1.42 bits per heavy atom. The topological polar surface area (TPSA) is 84.1 Å². The third kappa shape index (κ3) is 3.72. The summed E-state index contributed by atoms with van der Waals surface area (Å²) in [5.74, 6) is -0.950. The summed E-state index contributed by atoms with van der Waals surface area (Å²) in [6, 6.07) is 3.29. The van der Waals surface area contributed by atoms with E-state index in [1.54, 1.807) is 16.6 Å². The summed E-state index contributed by atoms with van der Waals surface area (Å²) in [6.07, 6.45) is 0.498. The third-order valence-electron chi connectivity index (χ3n) is 5.46. The van der Waals surface area contributed by atoms with Crippen LogP contribution in [-0.4, -0.2) is 50.4 Å². The predicted octanol–water partition coefficient (Wildman–Crippen LogP) is 3.35. The maximum absolute atomic E-state index is 13.6. The molecule has 4 rings (SSSR count). The Morgan fingerprint density at radius 3 is 2.87 bits per heavy atom. The average Bonchev–Trinajstić information content (AvgIpc) is 2.99. The lowest BCUT2D eigenvalue weighted by atomic mass is 9.99. The molecule has 0 spiro atoms. The highest BCUT2D eigenvalue weighted by Crippen LogP contribution is 2.31. The molecule has 1 N–H and O–H groups in total. The number of rotatable bonds is 1. The molecule has 1 atom stereocenters. The van der Waals surface area contributed by atoms with Gasteiger partial charge in [-0.2, -0.15) is 5.10 Å². The SMILES string of the molecule is [C-]#[N+]c1cc(NC(=O)N2Cc3c(nn4c3C(=O)N(C)OC(C)(C)C4)C[C@H]2C)ccc1F. The highest BCUT2D eigenvalue weighted by atomic mass is 19.1. The molecule has 0 unspecified atom stereocenters. The molecule has 0 fully saturated rings. The number of fused-ring (bicyclic) bond motifs is 3. The number of nitrogens with zero attached hydrogens (tertiary/aromatic N) is 5. The van der Waals surface area contributed by atoms with Gasteiger partial charge in [0.05, 0.1) is 25.4 Å². The van der Waals surface area contributed by atoms with E-state index in [1.807, 2.05) is 20.8 Å². The van der Waals surface area contributed by atoms with Crippen LogP contribution in [0.3, 0.4) is 0 Å². The van der Waals surface area contributed by atoms with E-state index in [-0.39, 0.29) is 24.2 Å². The number of hydroxylamine groups is 2. The van der Waals surface area contributed by atoms with Gasteiger partial charge < -0.3 is 10.2 Å². The Labute approximate surface area is 179 Å². The van der Waals surface area contributed by atoms with Crippen LogP contribution >= 0.6 is 0 Å². The van der Waals surface area contributed by atoms with Gasteiger partial charge in [-0.1, -0.05) is 0 Å². The number of carbonyl (C=O) groups is 2. The minimum absolute atomic E-state index is 0.162. The van der Waals surface area contributed by atoms with E-state index >= 15 is 0 Å². The third-order valence-corrected chi connectivity index (χ3v) is 5.46. The minimum atomic E-state index is -0.640. The van der Waals surface area contributed by atoms with E-state index in [1.165, 1.54) is 17.2 Å². The first-order valence-corrected chi connectivity index (χ1v) is 9.90. The number of hydrogen-bond acceptors (Lipinski definition) is 4. The number of nitrogens with one attached hydrogen (secondary N) is 1. The molecule has 31 heavy (non-hydrogen) atoms. The normalized spacial score (nSPS) is 19.9. The van der Waals surface area contributed by atoms with Gasteiger partial charge in [0.15, 0.2) is 0 Å². The van der Waals surface area contributed by atoms with E-state index in [0.717, 1.165) is 11.8 Å². The van der Waals surface area contributed by atoms with Crippen LogP contribution in [0.15, 0.2) is 18.2 Å². The van der Waals surface area contributed by atoms with Crippen LogP contribution in [0.1, 0.15) is 42.5 Å². The molecule has 0 saturated carbocycles. The smallest absolute Gasteiger partial charge is 0.317 e. The molecule has 0 bridgehead atoms. The molecule has 1 aromatic carbocycles. The number of carbonyl (C=O) groups excluding carboxylic acids is 2. The number of hydrogen-bond donors (Lipinski definition) is 1. The van der Waals surface area contributed by atoms with Crippen molar-refractivity contribution in [2.75, 3.05) is 12.4 Å². The van der Waals surface area contributed by atoms with Gasteiger partial charge in [-0.15, -0.1) is 0 Å². The van der Waals surface area contributed by atoms with E-state index in [4.69, 9.17) is 11.4 Å². The van der Waals surface area contributed by atoms with Crippen molar-refractivity contribution in [1.29, 1.82) is 0 Å². The van der Waals surface area contributed by atoms with Crippen LogP contribution in [0.4, 0.5) is 20.6 Å². The molecule has 10 heteroatoms. The van der Waals surface area contributed by atoms with Crippen molar-refractivity contribution in [3.63, 3.8) is 0 Å². The second-order valence-electron chi connectivity index (χ2n) is 8.47. The van der Waals surface area contributed by atoms with Crippen molar-refractivity contribution in [1.82, 2.24) is 19.7 Å². The van der Waals surface area contributed by atoms with Crippen molar-refractivity contribution in [2.45, 2.75) is 51.9 Å². The van der Waals surface area contributed by atoms with E-state index in [0.29, 0.717) is 29.9 Å². The van der Waals surface area contributed by atoms with Gasteiger partial charge in [-0.05, 0) is 39.0 Å². The highest BCUT2D eigenvalue weighted by Gasteiger charge is 2.39. The van der Waals surface area contributed by atoms with E-state index < -0.39 is 17.4 Å². The van der Waals surface area contributed by atoms with Crippen molar-refractivity contribution >= 4 is 23.3 Å². The van der Waals surface area contributed by atoms with Crippen molar-refractivity contribution in [2.24, 2.45) is 0 Å². The second kappa shape index (κ2) is 7.35. The average molecular weight is 426 g/mol. The van der Waals surface area contributed by atoms with Crippen LogP contribution in [0.25, 0.3) is 4.85 Å². The highest BCUT2D eigenvalue weighted by molar-refractivity contribution is 5.94. The van der Waals surface area contributed by atoms with Gasteiger partial charge in [-0.25, -0.2) is 19.1 Å². The molecule has 2 aliphatic rings. The standard InChI is InChI=1S/C21H23FN6O3/c1-12-8-16-14(18-19(29)26(5)31-21(2,3)11-28(18)25-16)10-27(12)20(30)24-13-6-7-15(22)17(9-13)23-4/h6-7,9,12H,8,10-11H2,1-3,5H3,(H,24,30)/t12-/m1/s1. The van der Waals surface area contributed by atoms with Gasteiger partial charge in [0, 0.05) is 30.8 Å². The summed E-state index contributed by atoms with van der Waals surface area (Å²) in [5.41, 5.74) is 1.47. The Morgan fingerprint density at radius 2 is 2.16 bits per heavy atom. The van der Waals surface area contributed by atoms with Gasteiger partial charge in [0.1, 0.15) is 17.1 Å². The Hall–Kier alpha value is -3.45. The maximum atomic E-state index is 13.6. The number of anilines is 1. The molecule has 162 valence electrons. The number of amides is 3. The van der Waals surface area contributed by atoms with Crippen LogP contribution in [0, 0.1) is 12.4 Å². The molecule has 9 nitrogen and oxygen atoms in total. The van der Waals surface area contributed by atoms with Crippen molar-refractivity contribution in [3.05, 3.63) is 52.4 Å². The van der Waals surface area contributed by atoms with Crippen LogP contribution < -0.4 is 5.32 Å². The van der Waals surface area contributed by atoms with Gasteiger partial charge in [-0.3, -0.25) is 14.3 Å².